The second-order valence-corrected chi connectivity index (χ2v) is 4.63. The van der Waals surface area contributed by atoms with Crippen molar-refractivity contribution in [1.29, 1.82) is 0 Å². The Balaban J connectivity index is 2.34. The van der Waals surface area contributed by atoms with Crippen molar-refractivity contribution in [3.05, 3.63) is 52.1 Å². The Kier molecular flexibility index (Phi) is 2.64. The van der Waals surface area contributed by atoms with Crippen LogP contribution in [0.2, 0.25) is 0 Å². The monoisotopic (exact) mass is 268 g/mol. The van der Waals surface area contributed by atoms with E-state index in [1.165, 1.54) is 7.11 Å². The fourth-order valence-electron chi connectivity index (χ4n) is 2.29. The van der Waals surface area contributed by atoms with Gasteiger partial charge >= 0.3 is 0 Å². The largest absolute Gasteiger partial charge is 0.496 e. The molecule has 100 valence electrons. The maximum atomic E-state index is 12.6. The number of ketones is 2. The Morgan fingerprint density at radius 1 is 0.950 bits per heavy atom. The van der Waals surface area contributed by atoms with Gasteiger partial charge < -0.3 is 4.74 Å². The van der Waals surface area contributed by atoms with E-state index >= 15 is 0 Å². The lowest BCUT2D eigenvalue weighted by Crippen LogP contribution is -2.25. The summed E-state index contributed by atoms with van der Waals surface area (Å²) in [6, 6.07) is 4.95. The van der Waals surface area contributed by atoms with Crippen LogP contribution in [0.25, 0.3) is 0 Å². The van der Waals surface area contributed by atoms with Gasteiger partial charge in [0.05, 0.1) is 24.1 Å². The zero-order valence-corrected chi connectivity index (χ0v) is 11.4. The van der Waals surface area contributed by atoms with Crippen LogP contribution in [0.15, 0.2) is 18.2 Å². The first-order chi connectivity index (χ1) is 9.54. The normalized spacial score (nSPS) is 12.9. The molecule has 20 heavy (non-hydrogen) atoms. The summed E-state index contributed by atoms with van der Waals surface area (Å²) in [4.78, 5) is 33.5. The fourth-order valence-corrected chi connectivity index (χ4v) is 2.29. The summed E-state index contributed by atoms with van der Waals surface area (Å²) < 4.78 is 5.18. The molecule has 0 bridgehead atoms. The summed E-state index contributed by atoms with van der Waals surface area (Å²) in [5.74, 6) is -0.224. The number of ether oxygens (including phenoxy) is 1. The van der Waals surface area contributed by atoms with E-state index in [0.717, 1.165) is 0 Å². The summed E-state index contributed by atoms with van der Waals surface area (Å²) in [5.41, 5.74) is 2.11. The number of fused-ring (bicyclic) bond motifs is 2. The Hall–Kier alpha value is -2.56. The molecule has 1 heterocycles. The van der Waals surface area contributed by atoms with Crippen LogP contribution < -0.4 is 4.74 Å². The van der Waals surface area contributed by atoms with Crippen molar-refractivity contribution in [2.75, 3.05) is 7.11 Å². The number of benzene rings is 1. The minimum absolute atomic E-state index is 0.107. The topological polar surface area (TPSA) is 69.2 Å². The predicted molar refractivity (Wildman–Crippen MR) is 71.4 cm³/mol. The third-order valence-corrected chi connectivity index (χ3v) is 3.45. The highest BCUT2D eigenvalue weighted by Gasteiger charge is 2.35. The van der Waals surface area contributed by atoms with Gasteiger partial charge in [-0.25, -0.2) is 9.97 Å². The third-order valence-electron chi connectivity index (χ3n) is 3.45. The van der Waals surface area contributed by atoms with Gasteiger partial charge in [-0.15, -0.1) is 0 Å². The van der Waals surface area contributed by atoms with Crippen LogP contribution in [0.3, 0.4) is 0 Å². The SMILES string of the molecule is COc1cccc2c1C(=O)c1nc(C)c(C)nc1C2=O. The van der Waals surface area contributed by atoms with Gasteiger partial charge in [-0.3, -0.25) is 9.59 Å². The molecule has 5 nitrogen and oxygen atoms in total. The molecule has 1 aliphatic rings. The van der Waals surface area contributed by atoms with Gasteiger partial charge in [-0.2, -0.15) is 0 Å². The third kappa shape index (κ3) is 1.56. The Labute approximate surface area is 115 Å². The maximum absolute atomic E-state index is 12.6. The second kappa shape index (κ2) is 4.23. The molecule has 0 radical (unpaired) electrons. The van der Waals surface area contributed by atoms with E-state index in [2.05, 4.69) is 9.97 Å². The van der Waals surface area contributed by atoms with Gasteiger partial charge in [0.2, 0.25) is 11.6 Å². The van der Waals surface area contributed by atoms with Crippen LogP contribution in [-0.2, 0) is 0 Å². The van der Waals surface area contributed by atoms with Crippen LogP contribution in [0.5, 0.6) is 5.75 Å². The smallest absolute Gasteiger partial charge is 0.218 e. The van der Waals surface area contributed by atoms with Gasteiger partial charge in [0.15, 0.2) is 0 Å². The summed E-state index contributed by atoms with van der Waals surface area (Å²) in [6.07, 6.45) is 0. The lowest BCUT2D eigenvalue weighted by atomic mass is 9.89. The maximum Gasteiger partial charge on any atom is 0.218 e. The Morgan fingerprint density at radius 2 is 1.55 bits per heavy atom. The fraction of sp³-hybridized carbons (Fsp3) is 0.200. The second-order valence-electron chi connectivity index (χ2n) is 4.63. The summed E-state index contributed by atoms with van der Waals surface area (Å²) in [7, 11) is 1.47. The van der Waals surface area contributed by atoms with E-state index in [-0.39, 0.29) is 28.5 Å². The zero-order valence-electron chi connectivity index (χ0n) is 11.4. The molecule has 0 saturated carbocycles. The predicted octanol–water partition coefficient (Wildman–Crippen LogP) is 1.88. The molecule has 1 aromatic heterocycles. The summed E-state index contributed by atoms with van der Waals surface area (Å²) >= 11 is 0. The van der Waals surface area contributed by atoms with Crippen molar-refractivity contribution in [3.63, 3.8) is 0 Å². The molecule has 0 fully saturated rings. The number of carbonyl (C=O) groups excluding carboxylic acids is 2. The molecule has 0 spiro atoms. The van der Waals surface area contributed by atoms with Crippen LogP contribution in [0.4, 0.5) is 0 Å². The van der Waals surface area contributed by atoms with Crippen molar-refractivity contribution < 1.29 is 14.3 Å². The first-order valence-corrected chi connectivity index (χ1v) is 6.16. The van der Waals surface area contributed by atoms with Gasteiger partial charge in [-0.05, 0) is 26.0 Å². The highest BCUT2D eigenvalue weighted by Crippen LogP contribution is 2.31. The molecular formula is C15H12N2O3. The lowest BCUT2D eigenvalue weighted by Gasteiger charge is -2.18. The minimum atomic E-state index is -0.317. The molecule has 2 aromatic rings. The first-order valence-electron chi connectivity index (χ1n) is 6.16. The molecule has 0 unspecified atom stereocenters. The van der Waals surface area contributed by atoms with E-state index in [0.29, 0.717) is 22.7 Å². The van der Waals surface area contributed by atoms with E-state index < -0.39 is 0 Å². The van der Waals surface area contributed by atoms with Gasteiger partial charge in [0, 0.05) is 5.56 Å². The number of nitrogens with zero attached hydrogens (tertiary/aromatic N) is 2. The van der Waals surface area contributed by atoms with Crippen molar-refractivity contribution in [1.82, 2.24) is 9.97 Å². The number of hydrogen-bond donors (Lipinski definition) is 0. The molecule has 0 N–H and O–H groups in total. The molecule has 1 aliphatic carbocycles. The van der Waals surface area contributed by atoms with Crippen molar-refractivity contribution in [3.8, 4) is 5.75 Å². The van der Waals surface area contributed by atoms with E-state index in [4.69, 9.17) is 4.74 Å². The average molecular weight is 268 g/mol. The lowest BCUT2D eigenvalue weighted by molar-refractivity contribution is 0.0968. The van der Waals surface area contributed by atoms with Gasteiger partial charge in [0.25, 0.3) is 0 Å². The first kappa shape index (κ1) is 12.5. The standard InChI is InChI=1S/C15H12N2O3/c1-7-8(2)17-13-12(16-7)14(18)9-5-4-6-10(20-3)11(9)15(13)19/h4-6H,1-3H3. The number of aryl methyl sites for hydroxylation is 2. The van der Waals surface area contributed by atoms with Crippen LogP contribution >= 0.6 is 0 Å². The highest BCUT2D eigenvalue weighted by molar-refractivity contribution is 6.27. The van der Waals surface area contributed by atoms with E-state index in [1.807, 2.05) is 0 Å². The van der Waals surface area contributed by atoms with Crippen LogP contribution in [-0.4, -0.2) is 28.6 Å². The zero-order chi connectivity index (χ0) is 14.4. The summed E-state index contributed by atoms with van der Waals surface area (Å²) in [6.45, 7) is 3.53. The van der Waals surface area contributed by atoms with Crippen molar-refractivity contribution in [2.24, 2.45) is 0 Å². The number of hydrogen-bond acceptors (Lipinski definition) is 5. The molecule has 3 rings (SSSR count). The molecule has 0 saturated heterocycles. The minimum Gasteiger partial charge on any atom is -0.496 e. The van der Waals surface area contributed by atoms with Crippen molar-refractivity contribution >= 4 is 11.6 Å². The molecule has 0 amide bonds. The molecule has 0 aliphatic heterocycles. The molecule has 5 heteroatoms. The van der Waals surface area contributed by atoms with E-state index in [1.54, 1.807) is 32.0 Å². The summed E-state index contributed by atoms with van der Waals surface area (Å²) in [5, 5.41) is 0. The molecule has 1 aromatic carbocycles. The van der Waals surface area contributed by atoms with Gasteiger partial charge in [0.1, 0.15) is 17.1 Å². The number of carbonyl (C=O) groups is 2. The number of methoxy groups -OCH3 is 1. The number of rotatable bonds is 1. The molecule has 0 atom stereocenters. The van der Waals surface area contributed by atoms with Gasteiger partial charge in [-0.1, -0.05) is 6.07 Å². The van der Waals surface area contributed by atoms with E-state index in [9.17, 15) is 9.59 Å². The quantitative estimate of drug-likeness (QED) is 0.674. The average Bonchev–Trinajstić information content (AvgIpc) is 2.46. The van der Waals surface area contributed by atoms with Crippen LogP contribution in [0, 0.1) is 13.8 Å². The van der Waals surface area contributed by atoms with Crippen LogP contribution in [0.1, 0.15) is 43.5 Å². The molecular weight excluding hydrogens is 256 g/mol. The Morgan fingerprint density at radius 3 is 2.15 bits per heavy atom. The number of aromatic nitrogens is 2. The Bertz CT molecular complexity index is 766. The van der Waals surface area contributed by atoms with Crippen molar-refractivity contribution in [2.45, 2.75) is 13.8 Å². The highest BCUT2D eigenvalue weighted by atomic mass is 16.5.